The summed E-state index contributed by atoms with van der Waals surface area (Å²) in [5.41, 5.74) is 0. The molecule has 3 atom stereocenters. The molecule has 0 aromatic carbocycles. The molecule has 3 heteroatoms. The molecule has 3 nitrogen and oxygen atoms in total. The topological polar surface area (TPSA) is 24.5 Å². The third-order valence-electron chi connectivity index (χ3n) is 3.85. The molecule has 0 amide bonds. The van der Waals surface area contributed by atoms with Gasteiger partial charge in [-0.1, -0.05) is 13.8 Å². The van der Waals surface area contributed by atoms with Crippen LogP contribution >= 0.6 is 0 Å². The van der Waals surface area contributed by atoms with Crippen molar-refractivity contribution in [2.45, 2.75) is 58.7 Å². The van der Waals surface area contributed by atoms with Crippen LogP contribution in [0.1, 0.15) is 40.5 Å². The highest BCUT2D eigenvalue weighted by Gasteiger charge is 2.29. The highest BCUT2D eigenvalue weighted by Crippen LogP contribution is 2.20. The minimum absolute atomic E-state index is 0.395. The van der Waals surface area contributed by atoms with E-state index in [4.69, 9.17) is 4.74 Å². The summed E-state index contributed by atoms with van der Waals surface area (Å²) in [4.78, 5) is 2.49. The fourth-order valence-electron chi connectivity index (χ4n) is 2.49. The van der Waals surface area contributed by atoms with Gasteiger partial charge in [-0.3, -0.25) is 4.90 Å². The average Bonchev–Trinajstić information content (AvgIpc) is 2.69. The van der Waals surface area contributed by atoms with E-state index < -0.39 is 0 Å². The van der Waals surface area contributed by atoms with Crippen molar-refractivity contribution in [2.24, 2.45) is 5.92 Å². The predicted molar refractivity (Wildman–Crippen MR) is 73.4 cm³/mol. The van der Waals surface area contributed by atoms with E-state index in [0.717, 1.165) is 25.6 Å². The lowest BCUT2D eigenvalue weighted by Gasteiger charge is -2.32. The van der Waals surface area contributed by atoms with E-state index in [1.807, 2.05) is 0 Å². The van der Waals surface area contributed by atoms with E-state index in [0.29, 0.717) is 18.2 Å². The smallest absolute Gasteiger partial charge is 0.0703 e. The van der Waals surface area contributed by atoms with Crippen LogP contribution in [0.3, 0.4) is 0 Å². The Bertz CT molecular complexity index is 208. The molecule has 3 unspecified atom stereocenters. The van der Waals surface area contributed by atoms with E-state index in [1.54, 1.807) is 0 Å². The van der Waals surface area contributed by atoms with Gasteiger partial charge in [0.1, 0.15) is 0 Å². The fourth-order valence-corrected chi connectivity index (χ4v) is 2.49. The Labute approximate surface area is 107 Å². The summed E-state index contributed by atoms with van der Waals surface area (Å²) in [5, 5.41) is 3.51. The third-order valence-corrected chi connectivity index (χ3v) is 3.85. The first-order valence-corrected chi connectivity index (χ1v) is 7.06. The Balaban J connectivity index is 2.20. The second-order valence-electron chi connectivity index (χ2n) is 5.83. The quantitative estimate of drug-likeness (QED) is 0.692. The van der Waals surface area contributed by atoms with Crippen LogP contribution in [0.15, 0.2) is 0 Å². The normalized spacial score (nSPS) is 27.0. The molecule has 1 rings (SSSR count). The first-order valence-electron chi connectivity index (χ1n) is 7.06. The molecule has 1 heterocycles. The van der Waals surface area contributed by atoms with Gasteiger partial charge < -0.3 is 10.1 Å². The van der Waals surface area contributed by atoms with Crippen LogP contribution in [0.5, 0.6) is 0 Å². The van der Waals surface area contributed by atoms with Crippen LogP contribution in [0.4, 0.5) is 0 Å². The molecule has 0 radical (unpaired) electrons. The van der Waals surface area contributed by atoms with E-state index in [9.17, 15) is 0 Å². The lowest BCUT2D eigenvalue weighted by atomic mass is 10.1. The Hall–Kier alpha value is -0.120. The monoisotopic (exact) mass is 242 g/mol. The summed E-state index contributed by atoms with van der Waals surface area (Å²) in [7, 11) is 2.24. The van der Waals surface area contributed by atoms with Gasteiger partial charge in [-0.05, 0) is 52.7 Å². The van der Waals surface area contributed by atoms with Crippen molar-refractivity contribution >= 4 is 0 Å². The van der Waals surface area contributed by atoms with E-state index in [2.05, 4.69) is 45.0 Å². The second kappa shape index (κ2) is 7.34. The molecular formula is C14H30N2O. The van der Waals surface area contributed by atoms with Gasteiger partial charge in [0.15, 0.2) is 0 Å². The SMILES string of the molecule is CC(C)CNCCC(C)N(C)C1CCOC1C. The summed E-state index contributed by atoms with van der Waals surface area (Å²) < 4.78 is 5.64. The third kappa shape index (κ3) is 4.94. The predicted octanol–water partition coefficient (Wildman–Crippen LogP) is 2.12. The van der Waals surface area contributed by atoms with Crippen LogP contribution < -0.4 is 5.32 Å². The number of nitrogens with zero attached hydrogens (tertiary/aromatic N) is 1. The molecule has 1 N–H and O–H groups in total. The maximum Gasteiger partial charge on any atom is 0.0703 e. The zero-order chi connectivity index (χ0) is 12.8. The molecule has 1 fully saturated rings. The van der Waals surface area contributed by atoms with Crippen molar-refractivity contribution in [3.8, 4) is 0 Å². The highest BCUT2D eigenvalue weighted by molar-refractivity contribution is 4.83. The van der Waals surface area contributed by atoms with Crippen LogP contribution in [0.25, 0.3) is 0 Å². The van der Waals surface area contributed by atoms with E-state index in [1.165, 1.54) is 12.8 Å². The maximum absolute atomic E-state index is 5.64. The number of hydrogen-bond acceptors (Lipinski definition) is 3. The first kappa shape index (κ1) is 14.9. The van der Waals surface area contributed by atoms with Crippen molar-refractivity contribution in [3.05, 3.63) is 0 Å². The largest absolute Gasteiger partial charge is 0.377 e. The Morgan fingerprint density at radius 1 is 1.35 bits per heavy atom. The maximum atomic E-state index is 5.64. The number of rotatable bonds is 7. The van der Waals surface area contributed by atoms with E-state index in [-0.39, 0.29) is 0 Å². The van der Waals surface area contributed by atoms with Gasteiger partial charge in [-0.25, -0.2) is 0 Å². The minimum Gasteiger partial charge on any atom is -0.377 e. The van der Waals surface area contributed by atoms with Gasteiger partial charge >= 0.3 is 0 Å². The number of hydrogen-bond donors (Lipinski definition) is 1. The van der Waals surface area contributed by atoms with Crippen LogP contribution in [0.2, 0.25) is 0 Å². The first-order chi connectivity index (χ1) is 8.02. The molecule has 0 aromatic heterocycles. The summed E-state index contributed by atoms with van der Waals surface area (Å²) >= 11 is 0. The zero-order valence-electron chi connectivity index (χ0n) is 12.2. The van der Waals surface area contributed by atoms with Gasteiger partial charge in [0.05, 0.1) is 6.10 Å². The molecule has 0 aromatic rings. The lowest BCUT2D eigenvalue weighted by Crippen LogP contribution is -2.43. The van der Waals surface area contributed by atoms with Crippen LogP contribution in [-0.2, 0) is 4.74 Å². The molecule has 1 aliphatic rings. The summed E-state index contributed by atoms with van der Waals surface area (Å²) in [6, 6.07) is 1.24. The number of ether oxygens (including phenoxy) is 1. The molecule has 102 valence electrons. The molecule has 0 saturated carbocycles. The van der Waals surface area contributed by atoms with E-state index >= 15 is 0 Å². The number of nitrogens with one attached hydrogen (secondary N) is 1. The zero-order valence-corrected chi connectivity index (χ0v) is 12.2. The van der Waals surface area contributed by atoms with Crippen molar-refractivity contribution in [2.75, 3.05) is 26.7 Å². The summed E-state index contributed by atoms with van der Waals surface area (Å²) in [5.74, 6) is 0.742. The van der Waals surface area contributed by atoms with Gasteiger partial charge in [0, 0.05) is 18.7 Å². The highest BCUT2D eigenvalue weighted by atomic mass is 16.5. The average molecular weight is 242 g/mol. The molecule has 0 spiro atoms. The Kier molecular flexibility index (Phi) is 6.45. The van der Waals surface area contributed by atoms with Gasteiger partial charge in [-0.15, -0.1) is 0 Å². The lowest BCUT2D eigenvalue weighted by molar-refractivity contribution is 0.0689. The Morgan fingerprint density at radius 2 is 2.06 bits per heavy atom. The van der Waals surface area contributed by atoms with Crippen molar-refractivity contribution in [3.63, 3.8) is 0 Å². The van der Waals surface area contributed by atoms with Gasteiger partial charge in [0.2, 0.25) is 0 Å². The second-order valence-corrected chi connectivity index (χ2v) is 5.83. The fraction of sp³-hybridized carbons (Fsp3) is 1.00. The molecular weight excluding hydrogens is 212 g/mol. The van der Waals surface area contributed by atoms with Gasteiger partial charge in [0.25, 0.3) is 0 Å². The van der Waals surface area contributed by atoms with Gasteiger partial charge in [-0.2, -0.15) is 0 Å². The molecule has 0 aliphatic carbocycles. The molecule has 17 heavy (non-hydrogen) atoms. The summed E-state index contributed by atoms with van der Waals surface area (Å²) in [6.07, 6.45) is 2.79. The van der Waals surface area contributed by atoms with Crippen molar-refractivity contribution in [1.29, 1.82) is 0 Å². The van der Waals surface area contributed by atoms with Crippen molar-refractivity contribution < 1.29 is 4.74 Å². The minimum atomic E-state index is 0.395. The summed E-state index contributed by atoms with van der Waals surface area (Å²) in [6.45, 7) is 12.2. The molecule has 1 aliphatic heterocycles. The number of likely N-dealkylation sites (N-methyl/N-ethyl adjacent to an activating group) is 1. The van der Waals surface area contributed by atoms with Crippen LogP contribution in [-0.4, -0.2) is 49.8 Å². The molecule has 1 saturated heterocycles. The van der Waals surface area contributed by atoms with Crippen molar-refractivity contribution in [1.82, 2.24) is 10.2 Å². The Morgan fingerprint density at radius 3 is 2.59 bits per heavy atom. The van der Waals surface area contributed by atoms with Crippen LogP contribution in [0, 0.1) is 5.92 Å². The molecule has 0 bridgehead atoms. The standard InChI is InChI=1S/C14H30N2O/c1-11(2)10-15-8-6-12(3)16(5)14-7-9-17-13(14)4/h11-15H,6-10H2,1-5H3.